The molecular formula is C29H28N12O4. The van der Waals surface area contributed by atoms with Crippen LogP contribution < -0.4 is 0 Å². The molecule has 6 rings (SSSR count). The third kappa shape index (κ3) is 7.90. The first-order chi connectivity index (χ1) is 21.7. The molecule has 0 atom stereocenters. The number of carboxylic acids is 1. The summed E-state index contributed by atoms with van der Waals surface area (Å²) in [6.45, 7) is 0. The molecular weight excluding hydrogens is 580 g/mol. The maximum atomic E-state index is 12.2. The number of hydrogen-bond acceptors (Lipinski definition) is 10. The van der Waals surface area contributed by atoms with Crippen molar-refractivity contribution in [3.05, 3.63) is 109 Å². The molecule has 6 aromatic rings. The first-order valence-corrected chi connectivity index (χ1v) is 13.1. The van der Waals surface area contributed by atoms with Crippen molar-refractivity contribution in [2.45, 2.75) is 0 Å². The highest BCUT2D eigenvalue weighted by atomic mass is 16.5. The van der Waals surface area contributed by atoms with E-state index in [0.717, 1.165) is 16.1 Å². The minimum absolute atomic E-state index is 0.0532. The molecule has 16 heteroatoms. The van der Waals surface area contributed by atoms with Crippen molar-refractivity contribution < 1.29 is 19.9 Å². The molecule has 0 radical (unpaired) electrons. The summed E-state index contributed by atoms with van der Waals surface area (Å²) in [7, 11) is 4.96. The Labute approximate surface area is 256 Å². The summed E-state index contributed by atoms with van der Waals surface area (Å²) in [5, 5.41) is 42.4. The minimum Gasteiger partial charge on any atom is -0.478 e. The van der Waals surface area contributed by atoms with Crippen molar-refractivity contribution >= 4 is 45.9 Å². The number of nitrogens with one attached hydrogen (secondary N) is 1. The Bertz CT molecular complexity index is 1940. The predicted molar refractivity (Wildman–Crippen MR) is 164 cm³/mol. The van der Waals surface area contributed by atoms with Gasteiger partial charge in [-0.1, -0.05) is 34.7 Å². The maximum absolute atomic E-state index is 12.2. The van der Waals surface area contributed by atoms with Gasteiger partial charge < -0.3 is 10.0 Å². The zero-order valence-corrected chi connectivity index (χ0v) is 24.4. The maximum Gasteiger partial charge on any atom is 0.337 e. The zero-order chi connectivity index (χ0) is 32.3. The number of amides is 1. The number of hydroxylamine groups is 2. The average molecular weight is 609 g/mol. The lowest BCUT2D eigenvalue weighted by molar-refractivity contribution is 0.00854. The van der Waals surface area contributed by atoms with Crippen molar-refractivity contribution in [2.24, 2.45) is 4.99 Å². The van der Waals surface area contributed by atoms with Gasteiger partial charge in [0, 0.05) is 45.9 Å². The Hall–Kier alpha value is -6.42. The Kier molecular flexibility index (Phi) is 10.3. The van der Waals surface area contributed by atoms with Gasteiger partial charge in [-0.25, -0.2) is 9.86 Å². The highest BCUT2D eigenvalue weighted by Gasteiger charge is 2.16. The van der Waals surface area contributed by atoms with E-state index in [0.29, 0.717) is 22.6 Å². The molecule has 0 aliphatic rings. The monoisotopic (exact) mass is 608 g/mol. The number of aliphatic imine (C=N–C) groups is 1. The molecule has 0 saturated carbocycles. The molecule has 228 valence electrons. The van der Waals surface area contributed by atoms with Crippen LogP contribution in [0.2, 0.25) is 0 Å². The van der Waals surface area contributed by atoms with Gasteiger partial charge in [0.15, 0.2) is 0 Å². The Morgan fingerprint density at radius 1 is 0.756 bits per heavy atom. The Balaban J connectivity index is 0.000000171. The van der Waals surface area contributed by atoms with Crippen molar-refractivity contribution in [1.82, 2.24) is 49.9 Å². The third-order valence-corrected chi connectivity index (χ3v) is 5.83. The van der Waals surface area contributed by atoms with Crippen molar-refractivity contribution in [2.75, 3.05) is 21.1 Å². The molecule has 0 aliphatic carbocycles. The average Bonchev–Trinajstić information content (AvgIpc) is 3.69. The van der Waals surface area contributed by atoms with Crippen molar-refractivity contribution in [1.29, 1.82) is 5.41 Å². The van der Waals surface area contributed by atoms with Crippen molar-refractivity contribution in [3.63, 3.8) is 0 Å². The fourth-order valence-electron chi connectivity index (χ4n) is 3.62. The molecule has 3 N–H and O–H groups in total. The molecule has 0 spiro atoms. The molecule has 16 nitrogen and oxygen atoms in total. The lowest BCUT2D eigenvalue weighted by Crippen LogP contribution is -2.31. The number of carbonyl (C=O) groups excluding carboxylic acids is 1. The van der Waals surface area contributed by atoms with Gasteiger partial charge in [0.05, 0.1) is 22.2 Å². The largest absolute Gasteiger partial charge is 0.478 e. The lowest BCUT2D eigenvalue weighted by atomic mass is 10.3. The Morgan fingerprint density at radius 2 is 1.27 bits per heavy atom. The molecule has 0 fully saturated rings. The summed E-state index contributed by atoms with van der Waals surface area (Å²) in [6.07, 6.45) is 5.81. The first-order valence-electron chi connectivity index (χ1n) is 13.1. The van der Waals surface area contributed by atoms with Crippen LogP contribution in [-0.2, 0) is 0 Å². The van der Waals surface area contributed by atoms with E-state index in [2.05, 4.69) is 35.6 Å². The number of hydrogen-bond donors (Lipinski definition) is 3. The molecule has 0 saturated heterocycles. The van der Waals surface area contributed by atoms with Gasteiger partial charge in [0.25, 0.3) is 11.9 Å². The van der Waals surface area contributed by atoms with Crippen LogP contribution in [0.3, 0.4) is 0 Å². The van der Waals surface area contributed by atoms with Crippen LogP contribution in [0, 0.1) is 5.41 Å². The molecule has 4 aromatic heterocycles. The highest BCUT2D eigenvalue weighted by Crippen LogP contribution is 2.11. The predicted octanol–water partition coefficient (Wildman–Crippen LogP) is 2.75. The summed E-state index contributed by atoms with van der Waals surface area (Å²) >= 11 is 0. The van der Waals surface area contributed by atoms with Gasteiger partial charge in [-0.3, -0.25) is 25.4 Å². The van der Waals surface area contributed by atoms with Crippen molar-refractivity contribution in [3.8, 4) is 0 Å². The molecule has 0 bridgehead atoms. The summed E-state index contributed by atoms with van der Waals surface area (Å²) in [5.74, 6) is -1.23. The van der Waals surface area contributed by atoms with Gasteiger partial charge in [-0.15, -0.1) is 10.2 Å². The van der Waals surface area contributed by atoms with Crippen LogP contribution in [0.4, 0.5) is 0 Å². The molecule has 1 amide bonds. The van der Waals surface area contributed by atoms with E-state index in [1.165, 1.54) is 41.1 Å². The van der Waals surface area contributed by atoms with Gasteiger partial charge in [-0.05, 0) is 48.5 Å². The van der Waals surface area contributed by atoms with Crippen LogP contribution in [0.15, 0.2) is 103 Å². The molecule has 0 aliphatic heterocycles. The van der Waals surface area contributed by atoms with E-state index >= 15 is 0 Å². The van der Waals surface area contributed by atoms with Gasteiger partial charge in [0.1, 0.15) is 11.0 Å². The number of nitrogens with zero attached hydrogens (tertiary/aromatic N) is 11. The quantitative estimate of drug-likeness (QED) is 0.147. The SMILES string of the molecule is CN(C)C(=N)n1nnc2ccccc21.CN(O)C(=NC(=O)c1cccnc1)n1nnc2ccccc21.O=C(O)c1cccnc1. The number of para-hydroxylation sites is 2. The summed E-state index contributed by atoms with van der Waals surface area (Å²) in [6, 6.07) is 21.1. The van der Waals surface area contributed by atoms with E-state index in [9.17, 15) is 14.8 Å². The number of benzene rings is 2. The second-order valence-corrected chi connectivity index (χ2v) is 9.23. The second-order valence-electron chi connectivity index (χ2n) is 9.23. The smallest absolute Gasteiger partial charge is 0.337 e. The lowest BCUT2D eigenvalue weighted by Gasteiger charge is -2.13. The molecule has 45 heavy (non-hydrogen) atoms. The number of fused-ring (bicyclic) bond motifs is 2. The summed E-state index contributed by atoms with van der Waals surface area (Å²) < 4.78 is 2.80. The van der Waals surface area contributed by atoms with Gasteiger partial charge in [0.2, 0.25) is 5.96 Å². The van der Waals surface area contributed by atoms with Crippen LogP contribution in [0.25, 0.3) is 22.1 Å². The number of aromatic carboxylic acids is 1. The van der Waals surface area contributed by atoms with E-state index < -0.39 is 11.9 Å². The van der Waals surface area contributed by atoms with E-state index in [1.807, 2.05) is 30.3 Å². The van der Waals surface area contributed by atoms with E-state index in [4.69, 9.17) is 10.5 Å². The van der Waals surface area contributed by atoms with Gasteiger partial charge in [-0.2, -0.15) is 14.4 Å². The zero-order valence-electron chi connectivity index (χ0n) is 24.4. The van der Waals surface area contributed by atoms with Crippen LogP contribution in [-0.4, -0.2) is 105 Å². The summed E-state index contributed by atoms with van der Waals surface area (Å²) in [4.78, 5) is 35.4. The number of rotatable bonds is 2. The standard InChI is InChI=1S/C14H12N6O2.C9H11N5.C6H5NO2/c1-19(22)14(16-13(21)10-5-4-8-15-9-10)20-12-7-3-2-6-11(12)17-18-20;1-13(2)9(10)14-8-6-4-3-5-7(8)11-12-14;8-6(9)5-2-1-3-7-4-5/h2-9,22H,1H3;3-6,10H,1-2H3;1-4H,(H,8,9). The summed E-state index contributed by atoms with van der Waals surface area (Å²) in [5.41, 5.74) is 3.45. The second kappa shape index (κ2) is 14.7. The topological polar surface area (TPSA) is 204 Å². The molecule has 4 heterocycles. The fourth-order valence-corrected chi connectivity index (χ4v) is 3.62. The number of carboxylic acid groups (broad SMARTS) is 1. The fraction of sp³-hybridized carbons (Fsp3) is 0.103. The normalized spacial score (nSPS) is 10.7. The van der Waals surface area contributed by atoms with Crippen LogP contribution in [0.5, 0.6) is 0 Å². The highest BCUT2D eigenvalue weighted by molar-refractivity contribution is 6.04. The molecule has 2 aromatic carbocycles. The number of pyridine rings is 2. The van der Waals surface area contributed by atoms with Crippen LogP contribution in [0.1, 0.15) is 20.7 Å². The minimum atomic E-state index is -0.942. The van der Waals surface area contributed by atoms with E-state index in [-0.39, 0.29) is 11.5 Å². The third-order valence-electron chi connectivity index (χ3n) is 5.83. The van der Waals surface area contributed by atoms with E-state index in [1.54, 1.807) is 61.6 Å². The van der Waals surface area contributed by atoms with Gasteiger partial charge >= 0.3 is 5.97 Å². The Morgan fingerprint density at radius 3 is 1.73 bits per heavy atom. The molecule has 0 unspecified atom stereocenters. The first kappa shape index (κ1) is 31.5. The number of carbonyl (C=O) groups is 2. The number of aromatic nitrogens is 8. The van der Waals surface area contributed by atoms with Crippen LogP contribution >= 0.6 is 0 Å².